The molecule has 3 heterocycles. The van der Waals surface area contributed by atoms with E-state index in [-0.39, 0.29) is 35.1 Å². The van der Waals surface area contributed by atoms with Crippen molar-refractivity contribution in [2.75, 3.05) is 31.2 Å². The largest absolute Gasteiger partial charge is 0.461 e. The van der Waals surface area contributed by atoms with E-state index in [1.165, 1.54) is 6.08 Å². The van der Waals surface area contributed by atoms with Gasteiger partial charge >= 0.3 is 5.97 Å². The molecule has 9 heteroatoms. The van der Waals surface area contributed by atoms with Gasteiger partial charge in [0.15, 0.2) is 0 Å². The molecule has 3 aliphatic heterocycles. The first-order chi connectivity index (χ1) is 17.7. The summed E-state index contributed by atoms with van der Waals surface area (Å²) in [6.45, 7) is 12.2. The summed E-state index contributed by atoms with van der Waals surface area (Å²) >= 11 is 5.36. The molecule has 0 saturated carbocycles. The second kappa shape index (κ2) is 11.3. The van der Waals surface area contributed by atoms with Crippen LogP contribution in [0.25, 0.3) is 0 Å². The van der Waals surface area contributed by atoms with Crippen LogP contribution < -0.4 is 4.90 Å². The SMILES string of the molecule is C=CCOC(=O)[C@H]1[C@H]2C(=O)N(CCCCO)C(C(=O)N(CC=C)c3c(C)cccc3C)C23CC(Br)[C@@H]1S3. The first-order valence-corrected chi connectivity index (χ1v) is 14.5. The number of likely N-dealkylation sites (tertiary alicyclic amines) is 1. The number of anilines is 1. The number of carbonyl (C=O) groups is 3. The third-order valence-electron chi connectivity index (χ3n) is 7.73. The van der Waals surface area contributed by atoms with Crippen LogP contribution in [0.1, 0.15) is 30.4 Å². The molecule has 3 unspecified atom stereocenters. The standard InChI is InChI=1S/C28H35BrN2O5S/c1-5-12-30(22-17(3)10-9-11-18(22)4)26(34)24-28-16-19(29)23(37-28)20(27(35)36-15-6-2)21(28)25(33)31(24)13-7-8-14-32/h5-6,9-11,19-21,23-24,32H,1-2,7-8,12-16H2,3-4H3/t19?,20-,21-,23-,24?,28?/m0/s1. The zero-order chi connectivity index (χ0) is 26.9. The summed E-state index contributed by atoms with van der Waals surface area (Å²) in [5, 5.41) is 9.22. The average Bonchev–Trinajstić information content (AvgIpc) is 3.45. The third-order valence-corrected chi connectivity index (χ3v) is 11.0. The van der Waals surface area contributed by atoms with Gasteiger partial charge in [-0.05, 0) is 44.2 Å². The van der Waals surface area contributed by atoms with Crippen LogP contribution in [0.5, 0.6) is 0 Å². The van der Waals surface area contributed by atoms with Crippen molar-refractivity contribution >= 4 is 51.2 Å². The molecule has 0 aliphatic carbocycles. The van der Waals surface area contributed by atoms with Crippen molar-refractivity contribution in [2.45, 2.75) is 54.0 Å². The number of unbranched alkanes of at least 4 members (excludes halogenated alkanes) is 1. The second-order valence-corrected chi connectivity index (χ2v) is 12.7. The fraction of sp³-hybridized carbons (Fsp3) is 0.536. The molecule has 2 bridgehead atoms. The van der Waals surface area contributed by atoms with Crippen molar-refractivity contribution in [1.29, 1.82) is 0 Å². The second-order valence-electron chi connectivity index (χ2n) is 10.0. The molecule has 3 fully saturated rings. The topological polar surface area (TPSA) is 87.1 Å². The van der Waals surface area contributed by atoms with Crippen LogP contribution in [-0.4, -0.2) is 75.0 Å². The number of aliphatic hydroxyl groups excluding tert-OH is 1. The summed E-state index contributed by atoms with van der Waals surface area (Å²) < 4.78 is 4.69. The number of para-hydroxylation sites is 1. The molecular weight excluding hydrogens is 556 g/mol. The van der Waals surface area contributed by atoms with Crippen molar-refractivity contribution < 1.29 is 24.2 Å². The van der Waals surface area contributed by atoms with Gasteiger partial charge in [0.1, 0.15) is 12.6 Å². The Morgan fingerprint density at radius 3 is 2.59 bits per heavy atom. The number of hydrogen-bond donors (Lipinski definition) is 1. The molecule has 7 nitrogen and oxygen atoms in total. The molecule has 3 saturated heterocycles. The van der Waals surface area contributed by atoms with E-state index in [9.17, 15) is 19.5 Å². The number of aliphatic hydroxyl groups is 1. The first-order valence-electron chi connectivity index (χ1n) is 12.7. The Hall–Kier alpha value is -2.10. The number of carbonyl (C=O) groups excluding carboxylic acids is 3. The number of hydrogen-bond acceptors (Lipinski definition) is 6. The van der Waals surface area contributed by atoms with Crippen LogP contribution in [0, 0.1) is 25.7 Å². The molecule has 1 N–H and O–H groups in total. The van der Waals surface area contributed by atoms with Gasteiger partial charge in [0, 0.05) is 35.5 Å². The van der Waals surface area contributed by atoms with Gasteiger partial charge in [0.05, 0.1) is 16.6 Å². The summed E-state index contributed by atoms with van der Waals surface area (Å²) in [6, 6.07) is 5.17. The quantitative estimate of drug-likeness (QED) is 0.183. The summed E-state index contributed by atoms with van der Waals surface area (Å²) in [5.41, 5.74) is 2.76. The molecule has 200 valence electrons. The Kier molecular flexibility index (Phi) is 8.55. The van der Waals surface area contributed by atoms with E-state index in [1.807, 2.05) is 32.0 Å². The maximum Gasteiger partial charge on any atom is 0.311 e. The van der Waals surface area contributed by atoms with Gasteiger partial charge in [0.25, 0.3) is 5.91 Å². The van der Waals surface area contributed by atoms with Crippen molar-refractivity contribution in [3.8, 4) is 0 Å². The van der Waals surface area contributed by atoms with E-state index in [1.54, 1.807) is 27.6 Å². The minimum Gasteiger partial charge on any atom is -0.461 e. The lowest BCUT2D eigenvalue weighted by atomic mass is 9.71. The smallest absolute Gasteiger partial charge is 0.311 e. The maximum atomic E-state index is 14.6. The van der Waals surface area contributed by atoms with Crippen LogP contribution in [-0.2, 0) is 19.1 Å². The van der Waals surface area contributed by atoms with Crippen molar-refractivity contribution in [3.05, 3.63) is 54.6 Å². The summed E-state index contributed by atoms with van der Waals surface area (Å²) in [6.07, 6.45) is 4.91. The predicted molar refractivity (Wildman–Crippen MR) is 150 cm³/mol. The highest BCUT2D eigenvalue weighted by atomic mass is 79.9. The highest BCUT2D eigenvalue weighted by Crippen LogP contribution is 2.68. The Morgan fingerprint density at radius 1 is 1.27 bits per heavy atom. The number of halogens is 1. The Labute approximate surface area is 231 Å². The average molecular weight is 592 g/mol. The molecule has 6 atom stereocenters. The van der Waals surface area contributed by atoms with Crippen LogP contribution in [0.15, 0.2) is 43.5 Å². The van der Waals surface area contributed by atoms with Crippen molar-refractivity contribution in [2.24, 2.45) is 11.8 Å². The number of thioether (sulfide) groups is 1. The highest BCUT2D eigenvalue weighted by molar-refractivity contribution is 9.09. The fourth-order valence-electron chi connectivity index (χ4n) is 6.35. The number of ether oxygens (including phenoxy) is 1. The van der Waals surface area contributed by atoms with Crippen LogP contribution in [0.4, 0.5) is 5.69 Å². The van der Waals surface area contributed by atoms with Crippen LogP contribution in [0.3, 0.4) is 0 Å². The number of fused-ring (bicyclic) bond motifs is 1. The summed E-state index contributed by atoms with van der Waals surface area (Å²) in [5.74, 6) is -2.03. The van der Waals surface area contributed by atoms with Crippen LogP contribution in [0.2, 0.25) is 0 Å². The summed E-state index contributed by atoms with van der Waals surface area (Å²) in [7, 11) is 0. The number of alkyl halides is 1. The van der Waals surface area contributed by atoms with Gasteiger partial charge in [-0.2, -0.15) is 0 Å². The molecule has 2 amide bonds. The van der Waals surface area contributed by atoms with E-state index in [0.29, 0.717) is 32.4 Å². The molecule has 37 heavy (non-hydrogen) atoms. The van der Waals surface area contributed by atoms with Crippen LogP contribution >= 0.6 is 27.7 Å². The Balaban J connectivity index is 1.80. The number of aryl methyl sites for hydroxylation is 2. The first kappa shape index (κ1) is 27.9. The molecule has 1 spiro atoms. The van der Waals surface area contributed by atoms with Gasteiger partial charge in [0.2, 0.25) is 5.91 Å². The number of rotatable bonds is 11. The van der Waals surface area contributed by atoms with Gasteiger partial charge in [-0.1, -0.05) is 52.9 Å². The van der Waals surface area contributed by atoms with Gasteiger partial charge < -0.3 is 19.6 Å². The van der Waals surface area contributed by atoms with Crippen molar-refractivity contribution in [3.63, 3.8) is 0 Å². The van der Waals surface area contributed by atoms with E-state index < -0.39 is 28.6 Å². The predicted octanol–water partition coefficient (Wildman–Crippen LogP) is 3.79. The maximum absolute atomic E-state index is 14.6. The number of esters is 1. The number of amides is 2. The molecule has 4 rings (SSSR count). The fourth-order valence-corrected chi connectivity index (χ4v) is 9.94. The number of nitrogens with zero attached hydrogens (tertiary/aromatic N) is 2. The zero-order valence-electron chi connectivity index (χ0n) is 21.4. The van der Waals surface area contributed by atoms with Gasteiger partial charge in [-0.3, -0.25) is 14.4 Å². The van der Waals surface area contributed by atoms with Crippen molar-refractivity contribution in [1.82, 2.24) is 4.90 Å². The van der Waals surface area contributed by atoms with E-state index in [4.69, 9.17) is 4.74 Å². The molecule has 3 aliphatic rings. The van der Waals surface area contributed by atoms with E-state index in [0.717, 1.165) is 16.8 Å². The lowest BCUT2D eigenvalue weighted by molar-refractivity contribution is -0.153. The highest BCUT2D eigenvalue weighted by Gasteiger charge is 2.76. The molecular formula is C28H35BrN2O5S. The molecule has 0 radical (unpaired) electrons. The van der Waals surface area contributed by atoms with Gasteiger partial charge in [-0.25, -0.2) is 0 Å². The molecule has 1 aromatic rings. The van der Waals surface area contributed by atoms with Gasteiger partial charge in [-0.15, -0.1) is 18.3 Å². The normalized spacial score (nSPS) is 29.8. The zero-order valence-corrected chi connectivity index (χ0v) is 23.8. The minimum absolute atomic E-state index is 0.0109. The minimum atomic E-state index is -0.750. The molecule has 0 aromatic heterocycles. The Bertz CT molecular complexity index is 1080. The number of benzene rings is 1. The van der Waals surface area contributed by atoms with E-state index in [2.05, 4.69) is 29.1 Å². The third kappa shape index (κ3) is 4.68. The summed E-state index contributed by atoms with van der Waals surface area (Å²) in [4.78, 5) is 45.2. The Morgan fingerprint density at radius 2 is 1.97 bits per heavy atom. The van der Waals surface area contributed by atoms with E-state index >= 15 is 0 Å². The lowest BCUT2D eigenvalue weighted by Gasteiger charge is -2.38. The molecule has 1 aromatic carbocycles. The monoisotopic (exact) mass is 590 g/mol. The lowest BCUT2D eigenvalue weighted by Crippen LogP contribution is -2.56.